The third-order valence-electron chi connectivity index (χ3n) is 5.54. The van der Waals surface area contributed by atoms with E-state index in [2.05, 4.69) is 25.6 Å². The summed E-state index contributed by atoms with van der Waals surface area (Å²) >= 11 is 0. The molecule has 2 aromatic carbocycles. The third-order valence-corrected chi connectivity index (χ3v) is 5.54. The summed E-state index contributed by atoms with van der Waals surface area (Å²) in [5, 5.41) is 11.2. The molecule has 5 rings (SSSR count). The SMILES string of the molecule is Cn1nccc1Nc1cc(C(=O)Nc2ccc(N3CCOCC3)cc2)c2ccccc2n1. The lowest BCUT2D eigenvalue weighted by Crippen LogP contribution is -2.36. The predicted octanol–water partition coefficient (Wildman–Crippen LogP) is 3.80. The first kappa shape index (κ1) is 20.0. The maximum absolute atomic E-state index is 13.2. The van der Waals surface area contributed by atoms with E-state index in [1.54, 1.807) is 16.9 Å². The molecule has 0 saturated carbocycles. The number of carbonyl (C=O) groups excluding carboxylic acids is 1. The Hall–Kier alpha value is -3.91. The van der Waals surface area contributed by atoms with E-state index < -0.39 is 0 Å². The molecular weight excluding hydrogens is 404 g/mol. The lowest BCUT2D eigenvalue weighted by atomic mass is 10.1. The Morgan fingerprint density at radius 2 is 1.81 bits per heavy atom. The largest absolute Gasteiger partial charge is 0.378 e. The normalized spacial score (nSPS) is 13.8. The zero-order valence-corrected chi connectivity index (χ0v) is 17.8. The van der Waals surface area contributed by atoms with Crippen LogP contribution in [0.15, 0.2) is 66.9 Å². The maximum Gasteiger partial charge on any atom is 0.256 e. The molecule has 0 atom stereocenters. The van der Waals surface area contributed by atoms with Gasteiger partial charge in [0.05, 0.1) is 30.5 Å². The second-order valence-corrected chi connectivity index (χ2v) is 7.64. The first-order chi connectivity index (χ1) is 15.7. The number of pyridine rings is 1. The predicted molar refractivity (Wildman–Crippen MR) is 126 cm³/mol. The minimum Gasteiger partial charge on any atom is -0.378 e. The monoisotopic (exact) mass is 428 g/mol. The first-order valence-electron chi connectivity index (χ1n) is 10.6. The van der Waals surface area contributed by atoms with Gasteiger partial charge in [-0.05, 0) is 36.4 Å². The molecule has 1 fully saturated rings. The van der Waals surface area contributed by atoms with Gasteiger partial charge in [0, 0.05) is 43.0 Å². The second kappa shape index (κ2) is 8.68. The summed E-state index contributed by atoms with van der Waals surface area (Å²) in [5.41, 5.74) is 3.17. The van der Waals surface area contributed by atoms with Crippen LogP contribution in [0.1, 0.15) is 10.4 Å². The van der Waals surface area contributed by atoms with Gasteiger partial charge in [0.15, 0.2) is 0 Å². The summed E-state index contributed by atoms with van der Waals surface area (Å²) in [4.78, 5) is 20.2. The van der Waals surface area contributed by atoms with E-state index in [0.29, 0.717) is 11.4 Å². The van der Waals surface area contributed by atoms with Crippen LogP contribution in [0.4, 0.5) is 23.0 Å². The van der Waals surface area contributed by atoms with Crippen molar-refractivity contribution in [3.05, 3.63) is 72.4 Å². The van der Waals surface area contributed by atoms with Gasteiger partial charge in [-0.1, -0.05) is 18.2 Å². The molecule has 8 nitrogen and oxygen atoms in total. The summed E-state index contributed by atoms with van der Waals surface area (Å²) in [6, 6.07) is 19.2. The Morgan fingerprint density at radius 3 is 2.56 bits per heavy atom. The van der Waals surface area contributed by atoms with Crippen LogP contribution in [-0.2, 0) is 11.8 Å². The van der Waals surface area contributed by atoms with Crippen molar-refractivity contribution in [1.29, 1.82) is 0 Å². The number of nitrogens with one attached hydrogen (secondary N) is 2. The van der Waals surface area contributed by atoms with E-state index in [-0.39, 0.29) is 5.91 Å². The Bertz CT molecular complexity index is 1250. The Kier molecular flexibility index (Phi) is 5.43. The molecule has 1 aliphatic heterocycles. The molecule has 3 heterocycles. The smallest absolute Gasteiger partial charge is 0.256 e. The molecule has 1 saturated heterocycles. The molecule has 0 bridgehead atoms. The van der Waals surface area contributed by atoms with Crippen LogP contribution in [0.25, 0.3) is 10.9 Å². The van der Waals surface area contributed by atoms with Crippen LogP contribution in [0, 0.1) is 0 Å². The highest BCUT2D eigenvalue weighted by Gasteiger charge is 2.15. The topological polar surface area (TPSA) is 84.3 Å². The van der Waals surface area contributed by atoms with Gasteiger partial charge in [-0.3, -0.25) is 9.48 Å². The van der Waals surface area contributed by atoms with Crippen LogP contribution in [0.2, 0.25) is 0 Å². The highest BCUT2D eigenvalue weighted by molar-refractivity contribution is 6.13. The molecular formula is C24H24N6O2. The van der Waals surface area contributed by atoms with Crippen molar-refractivity contribution < 1.29 is 9.53 Å². The average molecular weight is 428 g/mol. The number of aryl methyl sites for hydroxylation is 1. The van der Waals surface area contributed by atoms with Crippen molar-refractivity contribution in [2.24, 2.45) is 7.05 Å². The highest BCUT2D eigenvalue weighted by atomic mass is 16.5. The fourth-order valence-electron chi connectivity index (χ4n) is 3.83. The molecule has 0 spiro atoms. The Morgan fingerprint density at radius 1 is 1.03 bits per heavy atom. The van der Waals surface area contributed by atoms with Crippen LogP contribution in [0.3, 0.4) is 0 Å². The van der Waals surface area contributed by atoms with Crippen LogP contribution in [0.5, 0.6) is 0 Å². The molecule has 2 aromatic heterocycles. The molecule has 2 N–H and O–H groups in total. The first-order valence-corrected chi connectivity index (χ1v) is 10.6. The number of fused-ring (bicyclic) bond motifs is 1. The van der Waals surface area contributed by atoms with Crippen LogP contribution in [-0.4, -0.2) is 47.0 Å². The van der Waals surface area contributed by atoms with Gasteiger partial charge >= 0.3 is 0 Å². The fraction of sp³-hybridized carbons (Fsp3) is 0.208. The number of amides is 1. The standard InChI is InChI=1S/C24H24N6O2/c1-29-23(10-11-25-29)28-22-16-20(19-4-2-3-5-21(19)27-22)24(31)26-17-6-8-18(9-7-17)30-12-14-32-15-13-30/h2-11,16H,12-15H2,1H3,(H,26,31)(H,27,28). The quantitative estimate of drug-likeness (QED) is 0.503. The van der Waals surface area contributed by atoms with Gasteiger partial charge in [-0.15, -0.1) is 0 Å². The van der Waals surface area contributed by atoms with Crippen LogP contribution < -0.4 is 15.5 Å². The van der Waals surface area contributed by atoms with Gasteiger partial charge in [0.25, 0.3) is 5.91 Å². The zero-order valence-electron chi connectivity index (χ0n) is 17.8. The van der Waals surface area contributed by atoms with E-state index in [4.69, 9.17) is 4.74 Å². The molecule has 162 valence electrons. The Labute approximate surface area is 185 Å². The summed E-state index contributed by atoms with van der Waals surface area (Å²) in [5.74, 6) is 1.19. The molecule has 0 radical (unpaired) electrons. The van der Waals surface area contributed by atoms with Gasteiger partial charge in [0.1, 0.15) is 11.6 Å². The van der Waals surface area contributed by atoms with E-state index in [1.165, 1.54) is 0 Å². The number of benzene rings is 2. The number of nitrogens with zero attached hydrogens (tertiary/aromatic N) is 4. The van der Waals surface area contributed by atoms with Crippen molar-refractivity contribution in [3.63, 3.8) is 0 Å². The van der Waals surface area contributed by atoms with Gasteiger partial charge in [0.2, 0.25) is 0 Å². The molecule has 1 amide bonds. The number of para-hydroxylation sites is 1. The minimum absolute atomic E-state index is 0.184. The maximum atomic E-state index is 13.2. The van der Waals surface area contributed by atoms with Gasteiger partial charge < -0.3 is 20.3 Å². The summed E-state index contributed by atoms with van der Waals surface area (Å²) in [6.45, 7) is 3.23. The van der Waals surface area contributed by atoms with E-state index in [0.717, 1.165) is 54.4 Å². The van der Waals surface area contributed by atoms with E-state index in [9.17, 15) is 4.79 Å². The highest BCUT2D eigenvalue weighted by Crippen LogP contribution is 2.25. The number of aromatic nitrogens is 3. The lowest BCUT2D eigenvalue weighted by Gasteiger charge is -2.28. The third kappa shape index (κ3) is 4.13. The summed E-state index contributed by atoms with van der Waals surface area (Å²) in [7, 11) is 1.84. The zero-order chi connectivity index (χ0) is 21.9. The molecule has 32 heavy (non-hydrogen) atoms. The lowest BCUT2D eigenvalue weighted by molar-refractivity contribution is 0.102. The number of hydrogen-bond donors (Lipinski definition) is 2. The van der Waals surface area contributed by atoms with Crippen LogP contribution >= 0.6 is 0 Å². The Balaban J connectivity index is 1.40. The van der Waals surface area contributed by atoms with Gasteiger partial charge in [-0.25, -0.2) is 4.98 Å². The van der Waals surface area contributed by atoms with E-state index in [1.807, 2.05) is 61.6 Å². The van der Waals surface area contributed by atoms with Crippen molar-refractivity contribution in [2.45, 2.75) is 0 Å². The van der Waals surface area contributed by atoms with Crippen molar-refractivity contribution in [2.75, 3.05) is 41.8 Å². The van der Waals surface area contributed by atoms with Gasteiger partial charge in [-0.2, -0.15) is 5.10 Å². The molecule has 8 heteroatoms. The molecule has 1 aliphatic rings. The summed E-state index contributed by atoms with van der Waals surface area (Å²) < 4.78 is 7.13. The number of ether oxygens (including phenoxy) is 1. The minimum atomic E-state index is -0.184. The average Bonchev–Trinajstić information content (AvgIpc) is 3.23. The second-order valence-electron chi connectivity index (χ2n) is 7.64. The molecule has 0 aliphatic carbocycles. The number of hydrogen-bond acceptors (Lipinski definition) is 6. The van der Waals surface area contributed by atoms with Crippen molar-refractivity contribution in [1.82, 2.24) is 14.8 Å². The fourth-order valence-corrected chi connectivity index (χ4v) is 3.83. The molecule has 4 aromatic rings. The summed E-state index contributed by atoms with van der Waals surface area (Å²) in [6.07, 6.45) is 1.71. The van der Waals surface area contributed by atoms with Crippen molar-refractivity contribution >= 4 is 39.8 Å². The number of rotatable bonds is 5. The van der Waals surface area contributed by atoms with Crippen molar-refractivity contribution in [3.8, 4) is 0 Å². The number of anilines is 4. The molecule has 0 unspecified atom stereocenters. The number of morpholine rings is 1. The number of carbonyl (C=O) groups is 1. The van der Waals surface area contributed by atoms with E-state index >= 15 is 0 Å².